The molecule has 0 radical (unpaired) electrons. The van der Waals surface area contributed by atoms with Crippen molar-refractivity contribution in [3.63, 3.8) is 0 Å². The van der Waals surface area contributed by atoms with Gasteiger partial charge in [-0.3, -0.25) is 10.6 Å². The third kappa shape index (κ3) is 5.15. The minimum absolute atomic E-state index is 0.0999. The van der Waals surface area contributed by atoms with Crippen LogP contribution in [0.2, 0.25) is 0 Å². The van der Waals surface area contributed by atoms with Crippen molar-refractivity contribution in [3.05, 3.63) is 53.1 Å². The van der Waals surface area contributed by atoms with Crippen LogP contribution in [-0.2, 0) is 6.54 Å². The zero-order valence-electron chi connectivity index (χ0n) is 19.2. The number of nitrogens with one attached hydrogen (secondary N) is 3. The number of carbonyl (C=O) groups excluding carboxylic acids is 1. The molecule has 33 heavy (non-hydrogen) atoms. The smallest absolute Gasteiger partial charge is 0.321 e. The van der Waals surface area contributed by atoms with E-state index in [4.69, 9.17) is 0 Å². The minimum atomic E-state index is -0.294. The molecule has 174 valence electrons. The van der Waals surface area contributed by atoms with E-state index in [1.165, 1.54) is 31.4 Å². The Kier molecular flexibility index (Phi) is 5.76. The van der Waals surface area contributed by atoms with E-state index in [0.29, 0.717) is 5.95 Å². The second kappa shape index (κ2) is 8.72. The quantitative estimate of drug-likeness (QED) is 0.474. The first-order valence-electron chi connectivity index (χ1n) is 11.8. The summed E-state index contributed by atoms with van der Waals surface area (Å²) in [7, 11) is 0. The van der Waals surface area contributed by atoms with E-state index in [-0.39, 0.29) is 29.9 Å². The van der Waals surface area contributed by atoms with Crippen molar-refractivity contribution in [3.8, 4) is 0 Å². The standard InChI is InChI=1S/C25H31FN6O/c1-15-7-16(2)29-23(28-15)30-22(27-14-17-3-5-21(26)6-4-17)31-24(33)32-25-11-18-8-19(12-25)10-20(9-18)13-25/h3-7,18-20H,8-14H2,1-2H3,(H3,27,28,29,30,31,32,33). The van der Waals surface area contributed by atoms with Crippen LogP contribution >= 0.6 is 0 Å². The lowest BCUT2D eigenvalue weighted by molar-refractivity contribution is -0.0132. The van der Waals surface area contributed by atoms with Crippen LogP contribution in [0.3, 0.4) is 0 Å². The van der Waals surface area contributed by atoms with Crippen molar-refractivity contribution >= 4 is 17.9 Å². The molecule has 1 aromatic heterocycles. The van der Waals surface area contributed by atoms with Crippen LogP contribution in [0.4, 0.5) is 15.1 Å². The lowest BCUT2D eigenvalue weighted by atomic mass is 9.53. The fourth-order valence-corrected chi connectivity index (χ4v) is 6.40. The van der Waals surface area contributed by atoms with Gasteiger partial charge >= 0.3 is 6.03 Å². The number of rotatable bonds is 4. The molecule has 4 aliphatic carbocycles. The Bertz CT molecular complexity index is 1010. The normalized spacial score (nSPS) is 28.0. The number of aliphatic imine (C=N–C) groups is 1. The number of halogens is 1. The third-order valence-electron chi connectivity index (χ3n) is 7.19. The lowest BCUT2D eigenvalue weighted by Gasteiger charge is -2.56. The molecule has 0 spiro atoms. The van der Waals surface area contributed by atoms with Gasteiger partial charge in [0.15, 0.2) is 0 Å². The van der Waals surface area contributed by atoms with Crippen molar-refractivity contribution in [2.24, 2.45) is 22.7 Å². The predicted octanol–water partition coefficient (Wildman–Crippen LogP) is 4.47. The van der Waals surface area contributed by atoms with Gasteiger partial charge < -0.3 is 5.32 Å². The van der Waals surface area contributed by atoms with Gasteiger partial charge in [-0.2, -0.15) is 0 Å². The molecule has 0 aliphatic heterocycles. The van der Waals surface area contributed by atoms with E-state index < -0.39 is 0 Å². The van der Waals surface area contributed by atoms with E-state index >= 15 is 0 Å². The maximum Gasteiger partial charge on any atom is 0.321 e. The summed E-state index contributed by atoms with van der Waals surface area (Å²) in [6.45, 7) is 4.07. The third-order valence-corrected chi connectivity index (χ3v) is 7.19. The van der Waals surface area contributed by atoms with Crippen LogP contribution in [-0.4, -0.2) is 27.5 Å². The minimum Gasteiger partial charge on any atom is -0.332 e. The van der Waals surface area contributed by atoms with Crippen LogP contribution in [0.25, 0.3) is 0 Å². The van der Waals surface area contributed by atoms with Gasteiger partial charge in [0.2, 0.25) is 11.9 Å². The van der Waals surface area contributed by atoms with Gasteiger partial charge in [0, 0.05) is 16.9 Å². The van der Waals surface area contributed by atoms with Crippen LogP contribution < -0.4 is 16.0 Å². The number of aromatic nitrogens is 2. The van der Waals surface area contributed by atoms with E-state index in [0.717, 1.165) is 54.0 Å². The molecular weight excluding hydrogens is 419 g/mol. The molecule has 8 heteroatoms. The predicted molar refractivity (Wildman–Crippen MR) is 125 cm³/mol. The number of anilines is 1. The molecule has 3 N–H and O–H groups in total. The summed E-state index contributed by atoms with van der Waals surface area (Å²) in [6, 6.07) is 7.79. The molecule has 2 amide bonds. The number of urea groups is 1. The molecule has 1 heterocycles. The summed E-state index contributed by atoms with van der Waals surface area (Å²) >= 11 is 0. The van der Waals surface area contributed by atoms with Gasteiger partial charge in [-0.1, -0.05) is 12.1 Å². The van der Waals surface area contributed by atoms with Crippen molar-refractivity contribution in [2.75, 3.05) is 5.32 Å². The van der Waals surface area contributed by atoms with Gasteiger partial charge in [-0.25, -0.2) is 24.1 Å². The Morgan fingerprint density at radius 2 is 1.61 bits per heavy atom. The SMILES string of the molecule is Cc1cc(C)nc(NC(=NCc2ccc(F)cc2)NC(=O)NC23CC4CC(CC(C4)C2)C3)n1. The Labute approximate surface area is 193 Å². The van der Waals surface area contributed by atoms with Crippen LogP contribution in [0.5, 0.6) is 0 Å². The molecule has 1 aromatic carbocycles. The average molecular weight is 451 g/mol. The van der Waals surface area contributed by atoms with Crippen LogP contribution in [0.15, 0.2) is 35.3 Å². The molecule has 4 aliphatic rings. The molecule has 0 unspecified atom stereocenters. The largest absolute Gasteiger partial charge is 0.332 e. The molecule has 2 aromatic rings. The number of benzene rings is 1. The number of carbonyl (C=O) groups is 1. The highest BCUT2D eigenvalue weighted by Gasteiger charge is 2.51. The maximum absolute atomic E-state index is 13.2. The Hall–Kier alpha value is -3.03. The molecule has 4 saturated carbocycles. The number of aryl methyl sites for hydroxylation is 2. The highest BCUT2D eigenvalue weighted by molar-refractivity contribution is 6.03. The lowest BCUT2D eigenvalue weighted by Crippen LogP contribution is -2.62. The van der Waals surface area contributed by atoms with Gasteiger partial charge in [-0.05, 0) is 93.9 Å². The monoisotopic (exact) mass is 450 g/mol. The van der Waals surface area contributed by atoms with Crippen LogP contribution in [0.1, 0.15) is 55.5 Å². The first kappa shape index (κ1) is 21.8. The van der Waals surface area contributed by atoms with E-state index in [2.05, 4.69) is 30.9 Å². The molecule has 4 fully saturated rings. The number of amides is 2. The van der Waals surface area contributed by atoms with Crippen LogP contribution in [0, 0.1) is 37.4 Å². The molecule has 6 rings (SSSR count). The Morgan fingerprint density at radius 1 is 1.03 bits per heavy atom. The molecule has 0 saturated heterocycles. The summed E-state index contributed by atoms with van der Waals surface area (Å²) < 4.78 is 13.2. The number of guanidine groups is 1. The summed E-state index contributed by atoms with van der Waals surface area (Å²) in [5.41, 5.74) is 2.37. The first-order chi connectivity index (χ1) is 15.8. The Morgan fingerprint density at radius 3 is 2.18 bits per heavy atom. The topological polar surface area (TPSA) is 91.3 Å². The zero-order chi connectivity index (χ0) is 23.0. The second-order valence-corrected chi connectivity index (χ2v) is 10.2. The summed E-state index contributed by atoms with van der Waals surface area (Å²) in [6.07, 6.45) is 7.17. The second-order valence-electron chi connectivity index (χ2n) is 10.2. The summed E-state index contributed by atoms with van der Waals surface area (Å²) in [5.74, 6) is 2.57. The Balaban J connectivity index is 1.31. The number of hydrogen-bond acceptors (Lipinski definition) is 4. The van der Waals surface area contributed by atoms with E-state index in [1.807, 2.05) is 19.9 Å². The summed E-state index contributed by atoms with van der Waals surface area (Å²) in [4.78, 5) is 26.4. The summed E-state index contributed by atoms with van der Waals surface area (Å²) in [5, 5.41) is 9.27. The molecular formula is C25H31FN6O. The van der Waals surface area contributed by atoms with Gasteiger partial charge in [0.1, 0.15) is 5.82 Å². The van der Waals surface area contributed by atoms with E-state index in [9.17, 15) is 9.18 Å². The van der Waals surface area contributed by atoms with Gasteiger partial charge in [0.25, 0.3) is 0 Å². The first-order valence-corrected chi connectivity index (χ1v) is 11.8. The van der Waals surface area contributed by atoms with Gasteiger partial charge in [0.05, 0.1) is 6.54 Å². The van der Waals surface area contributed by atoms with Crippen molar-refractivity contribution < 1.29 is 9.18 Å². The highest BCUT2D eigenvalue weighted by atomic mass is 19.1. The van der Waals surface area contributed by atoms with Gasteiger partial charge in [-0.15, -0.1) is 0 Å². The zero-order valence-corrected chi connectivity index (χ0v) is 19.2. The van der Waals surface area contributed by atoms with Crippen molar-refractivity contribution in [2.45, 2.75) is 64.5 Å². The average Bonchev–Trinajstić information content (AvgIpc) is 2.71. The molecule has 7 nitrogen and oxygen atoms in total. The van der Waals surface area contributed by atoms with Crippen molar-refractivity contribution in [1.82, 2.24) is 20.6 Å². The fraction of sp³-hybridized carbons (Fsp3) is 0.520. The highest BCUT2D eigenvalue weighted by Crippen LogP contribution is 2.55. The molecule has 4 bridgehead atoms. The maximum atomic E-state index is 13.2. The van der Waals surface area contributed by atoms with Crippen molar-refractivity contribution in [1.29, 1.82) is 0 Å². The van der Waals surface area contributed by atoms with E-state index in [1.54, 1.807) is 12.1 Å². The number of hydrogen-bond donors (Lipinski definition) is 3. The molecule has 0 atom stereocenters. The fourth-order valence-electron chi connectivity index (χ4n) is 6.40. The number of nitrogens with zero attached hydrogens (tertiary/aromatic N) is 3.